The Hall–Kier alpha value is -3.27. The predicted octanol–water partition coefficient (Wildman–Crippen LogP) is 4.88. The van der Waals surface area contributed by atoms with Crippen LogP contribution in [-0.2, 0) is 14.4 Å². The highest BCUT2D eigenvalue weighted by molar-refractivity contribution is 6.33. The molecule has 1 aliphatic rings. The summed E-state index contributed by atoms with van der Waals surface area (Å²) in [4.78, 5) is 38.0. The molecule has 1 saturated heterocycles. The lowest BCUT2D eigenvalue weighted by molar-refractivity contribution is -0.274. The molecule has 188 valence electrons. The minimum atomic E-state index is -4.86. The third kappa shape index (κ3) is 7.35. The van der Waals surface area contributed by atoms with Gasteiger partial charge in [-0.25, -0.2) is 0 Å². The highest BCUT2D eigenvalue weighted by Gasteiger charge is 2.33. The number of primary amides is 1. The maximum Gasteiger partial charge on any atom is 0.573 e. The van der Waals surface area contributed by atoms with Crippen LogP contribution in [0.5, 0.6) is 5.75 Å². The maximum absolute atomic E-state index is 13.0. The molecule has 1 aliphatic heterocycles. The topological polar surface area (TPSA) is 102 Å². The summed E-state index contributed by atoms with van der Waals surface area (Å²) in [5.74, 6) is -1.50. The van der Waals surface area contributed by atoms with Gasteiger partial charge in [-0.3, -0.25) is 14.4 Å². The number of benzene rings is 2. The SMILES string of the molecule is NC(=O)CCCC(=O)N1CCCCC1C(=O)Nc1ccc(-c2ccccc2OC(F)(F)F)c(Cl)c1. The van der Waals surface area contributed by atoms with E-state index in [9.17, 15) is 27.6 Å². The van der Waals surface area contributed by atoms with E-state index in [1.54, 1.807) is 6.07 Å². The van der Waals surface area contributed by atoms with Crippen LogP contribution < -0.4 is 15.8 Å². The van der Waals surface area contributed by atoms with Crippen LogP contribution in [0.15, 0.2) is 42.5 Å². The first-order valence-corrected chi connectivity index (χ1v) is 11.5. The Kier molecular flexibility index (Phi) is 8.61. The first-order valence-electron chi connectivity index (χ1n) is 11.1. The van der Waals surface area contributed by atoms with Crippen LogP contribution in [0.2, 0.25) is 5.02 Å². The Balaban J connectivity index is 1.73. The minimum Gasteiger partial charge on any atom is -0.405 e. The molecule has 3 amide bonds. The van der Waals surface area contributed by atoms with Crippen LogP contribution in [-0.4, -0.2) is 41.6 Å². The smallest absolute Gasteiger partial charge is 0.405 e. The summed E-state index contributed by atoms with van der Waals surface area (Å²) in [6.07, 6.45) is -2.30. The van der Waals surface area contributed by atoms with Crippen molar-refractivity contribution in [2.24, 2.45) is 5.73 Å². The lowest BCUT2D eigenvalue weighted by Gasteiger charge is -2.34. The molecule has 0 saturated carbocycles. The molecule has 11 heteroatoms. The van der Waals surface area contributed by atoms with Gasteiger partial charge < -0.3 is 20.7 Å². The molecular formula is C24H25ClF3N3O4. The molecule has 0 bridgehead atoms. The standard InChI is InChI=1S/C24H25ClF3N3O4/c25-18-14-15(11-12-16(18)17-6-1-2-8-20(17)35-24(26,27)28)30-23(34)19-7-3-4-13-31(19)22(33)10-5-9-21(29)32/h1-2,6,8,11-12,14,19H,3-5,7,9-10,13H2,(H2,29,32)(H,30,34). The van der Waals surface area contributed by atoms with E-state index in [1.165, 1.54) is 41.3 Å². The Bertz CT molecular complexity index is 1090. The normalized spacial score (nSPS) is 16.0. The average Bonchev–Trinajstić information content (AvgIpc) is 2.78. The van der Waals surface area contributed by atoms with Crippen LogP contribution in [0.1, 0.15) is 38.5 Å². The second kappa shape index (κ2) is 11.4. The van der Waals surface area contributed by atoms with Gasteiger partial charge in [0, 0.05) is 36.2 Å². The number of likely N-dealkylation sites (tertiary alicyclic amines) is 1. The third-order valence-corrected chi connectivity index (χ3v) is 5.89. The van der Waals surface area contributed by atoms with Gasteiger partial charge in [0.25, 0.3) is 0 Å². The van der Waals surface area contributed by atoms with Crippen molar-refractivity contribution in [2.75, 3.05) is 11.9 Å². The fraction of sp³-hybridized carbons (Fsp3) is 0.375. The summed E-state index contributed by atoms with van der Waals surface area (Å²) < 4.78 is 42.4. The number of piperidine rings is 1. The summed E-state index contributed by atoms with van der Waals surface area (Å²) in [7, 11) is 0. The van der Waals surface area contributed by atoms with E-state index in [1.807, 2.05) is 0 Å². The van der Waals surface area contributed by atoms with E-state index in [4.69, 9.17) is 17.3 Å². The number of hydrogen-bond acceptors (Lipinski definition) is 4. The van der Waals surface area contributed by atoms with Crippen molar-refractivity contribution in [3.63, 3.8) is 0 Å². The molecule has 0 spiro atoms. The van der Waals surface area contributed by atoms with E-state index < -0.39 is 30.0 Å². The van der Waals surface area contributed by atoms with Gasteiger partial charge in [-0.15, -0.1) is 13.2 Å². The zero-order valence-electron chi connectivity index (χ0n) is 18.7. The highest BCUT2D eigenvalue weighted by Crippen LogP contribution is 2.38. The van der Waals surface area contributed by atoms with Gasteiger partial charge in [-0.2, -0.15) is 0 Å². The first kappa shape index (κ1) is 26.3. The van der Waals surface area contributed by atoms with Gasteiger partial charge >= 0.3 is 6.36 Å². The Morgan fingerprint density at radius 1 is 1.09 bits per heavy atom. The largest absolute Gasteiger partial charge is 0.573 e. The van der Waals surface area contributed by atoms with Crippen LogP contribution >= 0.6 is 11.6 Å². The molecule has 2 aromatic carbocycles. The summed E-state index contributed by atoms with van der Waals surface area (Å²) in [5, 5.41) is 2.86. The lowest BCUT2D eigenvalue weighted by Crippen LogP contribution is -2.50. The van der Waals surface area contributed by atoms with E-state index in [-0.39, 0.29) is 29.3 Å². The van der Waals surface area contributed by atoms with Crippen LogP contribution in [0.25, 0.3) is 11.1 Å². The molecule has 3 rings (SSSR count). The average molecular weight is 512 g/mol. The molecule has 1 atom stereocenters. The Labute approximate surface area is 205 Å². The third-order valence-electron chi connectivity index (χ3n) is 5.58. The van der Waals surface area contributed by atoms with E-state index >= 15 is 0 Å². The molecule has 7 nitrogen and oxygen atoms in total. The Morgan fingerprint density at radius 2 is 1.83 bits per heavy atom. The van der Waals surface area contributed by atoms with Gasteiger partial charge in [0.1, 0.15) is 11.8 Å². The molecule has 0 radical (unpaired) electrons. The van der Waals surface area contributed by atoms with E-state index in [0.717, 1.165) is 12.8 Å². The number of alkyl halides is 3. The van der Waals surface area contributed by atoms with Crippen LogP contribution in [0.4, 0.5) is 18.9 Å². The van der Waals surface area contributed by atoms with E-state index in [2.05, 4.69) is 10.1 Å². The fourth-order valence-electron chi connectivity index (χ4n) is 4.00. The molecule has 0 aromatic heterocycles. The summed E-state index contributed by atoms with van der Waals surface area (Å²) in [6, 6.07) is 9.37. The van der Waals surface area contributed by atoms with Crippen LogP contribution in [0.3, 0.4) is 0 Å². The maximum atomic E-state index is 13.0. The fourth-order valence-corrected chi connectivity index (χ4v) is 4.28. The number of halogens is 4. The van der Waals surface area contributed by atoms with Gasteiger partial charge in [0.15, 0.2) is 0 Å². The zero-order chi connectivity index (χ0) is 25.6. The van der Waals surface area contributed by atoms with Gasteiger partial charge in [0.2, 0.25) is 17.7 Å². The van der Waals surface area contributed by atoms with Gasteiger partial charge in [-0.1, -0.05) is 35.9 Å². The molecule has 1 fully saturated rings. The quantitative estimate of drug-likeness (QED) is 0.527. The van der Waals surface area contributed by atoms with Crippen molar-refractivity contribution < 1.29 is 32.3 Å². The number of nitrogens with zero attached hydrogens (tertiary/aromatic N) is 1. The van der Waals surface area contributed by atoms with Crippen molar-refractivity contribution in [1.29, 1.82) is 0 Å². The number of nitrogens with two attached hydrogens (primary N) is 1. The van der Waals surface area contributed by atoms with Crippen molar-refractivity contribution in [3.8, 4) is 16.9 Å². The number of anilines is 1. The number of hydrogen-bond donors (Lipinski definition) is 2. The van der Waals surface area contributed by atoms with Crippen molar-refractivity contribution in [2.45, 2.75) is 50.9 Å². The summed E-state index contributed by atoms with van der Waals surface area (Å²) >= 11 is 6.35. The number of nitrogens with one attached hydrogen (secondary N) is 1. The summed E-state index contributed by atoms with van der Waals surface area (Å²) in [5.41, 5.74) is 5.90. The van der Waals surface area contributed by atoms with Crippen molar-refractivity contribution in [3.05, 3.63) is 47.5 Å². The van der Waals surface area contributed by atoms with Gasteiger partial charge in [0.05, 0.1) is 5.02 Å². The number of rotatable bonds is 8. The van der Waals surface area contributed by atoms with Crippen molar-refractivity contribution >= 4 is 35.0 Å². The molecule has 3 N–H and O–H groups in total. The molecule has 1 unspecified atom stereocenters. The monoisotopic (exact) mass is 511 g/mol. The number of ether oxygens (including phenoxy) is 1. The van der Waals surface area contributed by atoms with Crippen molar-refractivity contribution in [1.82, 2.24) is 4.90 Å². The second-order valence-electron chi connectivity index (χ2n) is 8.15. The van der Waals surface area contributed by atoms with Gasteiger partial charge in [-0.05, 0) is 43.9 Å². The first-order chi connectivity index (χ1) is 16.5. The molecule has 0 aliphatic carbocycles. The highest BCUT2D eigenvalue weighted by atomic mass is 35.5. The number of carbonyl (C=O) groups is 3. The number of para-hydroxylation sites is 1. The minimum absolute atomic E-state index is 0.0957. The second-order valence-corrected chi connectivity index (χ2v) is 8.55. The van der Waals surface area contributed by atoms with Crippen LogP contribution in [0, 0.1) is 0 Å². The molecule has 2 aromatic rings. The molecule has 1 heterocycles. The van der Waals surface area contributed by atoms with E-state index in [0.29, 0.717) is 30.6 Å². The predicted molar refractivity (Wildman–Crippen MR) is 125 cm³/mol. The number of amides is 3. The molecule has 35 heavy (non-hydrogen) atoms. The Morgan fingerprint density at radius 3 is 2.51 bits per heavy atom. The lowest BCUT2D eigenvalue weighted by atomic mass is 10.00. The molecular weight excluding hydrogens is 487 g/mol. The zero-order valence-corrected chi connectivity index (χ0v) is 19.5. The summed E-state index contributed by atoms with van der Waals surface area (Å²) in [6.45, 7) is 0.434. The number of carbonyl (C=O) groups excluding carboxylic acids is 3.